The first-order valence-electron chi connectivity index (χ1n) is 10.0. The Balaban J connectivity index is 1.79. The van der Waals surface area contributed by atoms with Crippen molar-refractivity contribution in [2.24, 2.45) is 0 Å². The van der Waals surface area contributed by atoms with Crippen LogP contribution in [-0.2, 0) is 11.4 Å². The van der Waals surface area contributed by atoms with Gasteiger partial charge in [0.05, 0.1) is 12.0 Å². The molecule has 0 heterocycles. The van der Waals surface area contributed by atoms with Crippen molar-refractivity contribution in [1.29, 1.82) is 5.26 Å². The number of rotatable bonds is 8. The van der Waals surface area contributed by atoms with Crippen molar-refractivity contribution in [3.05, 3.63) is 98.1 Å². The third kappa shape index (κ3) is 6.12. The van der Waals surface area contributed by atoms with Crippen molar-refractivity contribution >= 4 is 35.0 Å². The minimum absolute atomic E-state index is 0.00489. The van der Waals surface area contributed by atoms with E-state index in [0.29, 0.717) is 34.3 Å². The number of nitro groups is 1. The molecule has 0 unspecified atom stereocenters. The highest BCUT2D eigenvalue weighted by Gasteiger charge is 2.18. The molecule has 3 aromatic rings. The molecule has 0 bridgehead atoms. The highest BCUT2D eigenvalue weighted by atomic mass is 35.5. The number of anilines is 1. The lowest BCUT2D eigenvalue weighted by Gasteiger charge is -2.12. The third-order valence-electron chi connectivity index (χ3n) is 4.77. The van der Waals surface area contributed by atoms with E-state index in [0.717, 1.165) is 5.56 Å². The van der Waals surface area contributed by atoms with Gasteiger partial charge in [0, 0.05) is 11.1 Å². The molecule has 0 spiro atoms. The Morgan fingerprint density at radius 2 is 1.88 bits per heavy atom. The van der Waals surface area contributed by atoms with Gasteiger partial charge in [-0.05, 0) is 60.0 Å². The summed E-state index contributed by atoms with van der Waals surface area (Å²) in [5, 5.41) is 23.8. The Morgan fingerprint density at radius 3 is 2.53 bits per heavy atom. The van der Waals surface area contributed by atoms with Crippen LogP contribution in [0.2, 0.25) is 5.02 Å². The van der Waals surface area contributed by atoms with Crippen LogP contribution >= 0.6 is 11.6 Å². The summed E-state index contributed by atoms with van der Waals surface area (Å²) in [4.78, 5) is 23.3. The zero-order valence-corrected chi connectivity index (χ0v) is 19.1. The van der Waals surface area contributed by atoms with Crippen molar-refractivity contribution in [2.75, 3.05) is 12.4 Å². The number of nitriles is 1. The first kappa shape index (κ1) is 24.3. The number of nitrogens with zero attached hydrogens (tertiary/aromatic N) is 2. The maximum Gasteiger partial charge on any atom is 0.293 e. The second-order valence-corrected chi connectivity index (χ2v) is 7.66. The second kappa shape index (κ2) is 11.0. The largest absolute Gasteiger partial charge is 0.493 e. The lowest BCUT2D eigenvalue weighted by atomic mass is 10.1. The van der Waals surface area contributed by atoms with Gasteiger partial charge >= 0.3 is 0 Å². The molecule has 1 amide bonds. The molecule has 3 aromatic carbocycles. The van der Waals surface area contributed by atoms with Crippen LogP contribution in [0.4, 0.5) is 11.4 Å². The van der Waals surface area contributed by atoms with Crippen LogP contribution in [0.25, 0.3) is 6.08 Å². The van der Waals surface area contributed by atoms with E-state index in [1.807, 2.05) is 18.2 Å². The Labute approximate surface area is 201 Å². The Kier molecular flexibility index (Phi) is 7.85. The van der Waals surface area contributed by atoms with Crippen LogP contribution < -0.4 is 14.8 Å². The molecule has 0 radical (unpaired) electrons. The van der Waals surface area contributed by atoms with E-state index in [4.69, 9.17) is 21.1 Å². The van der Waals surface area contributed by atoms with Crippen LogP contribution in [0.1, 0.15) is 16.7 Å². The standard InChI is InChI=1S/C25H20ClN3O5/c1-16-3-9-21(22(11-16)29(31)32)28-25(30)19(14-27)12-18-6-10-23(24(13-18)33-2)34-15-17-4-7-20(26)8-5-17/h3-13H,15H2,1-2H3,(H,28,30)/b19-12+. The molecule has 0 atom stereocenters. The summed E-state index contributed by atoms with van der Waals surface area (Å²) in [7, 11) is 1.48. The summed E-state index contributed by atoms with van der Waals surface area (Å²) in [6.45, 7) is 2.00. The zero-order valence-electron chi connectivity index (χ0n) is 18.4. The summed E-state index contributed by atoms with van der Waals surface area (Å²) in [5.74, 6) is 0.124. The van der Waals surface area contributed by atoms with Gasteiger partial charge < -0.3 is 14.8 Å². The quantitative estimate of drug-likeness (QED) is 0.193. The first-order valence-corrected chi connectivity index (χ1v) is 10.4. The van der Waals surface area contributed by atoms with Gasteiger partial charge in [-0.3, -0.25) is 14.9 Å². The van der Waals surface area contributed by atoms with Gasteiger partial charge in [0.25, 0.3) is 11.6 Å². The van der Waals surface area contributed by atoms with Gasteiger partial charge in [0.2, 0.25) is 0 Å². The lowest BCUT2D eigenvalue weighted by molar-refractivity contribution is -0.384. The number of amides is 1. The number of carbonyl (C=O) groups excluding carboxylic acids is 1. The maximum atomic E-state index is 12.6. The smallest absolute Gasteiger partial charge is 0.293 e. The van der Waals surface area contributed by atoms with Crippen LogP contribution in [0.15, 0.2) is 66.2 Å². The highest BCUT2D eigenvalue weighted by Crippen LogP contribution is 2.30. The normalized spacial score (nSPS) is 10.8. The number of methoxy groups -OCH3 is 1. The number of ether oxygens (including phenoxy) is 2. The fourth-order valence-electron chi connectivity index (χ4n) is 3.04. The molecule has 0 saturated carbocycles. The second-order valence-electron chi connectivity index (χ2n) is 7.23. The number of hydrogen-bond donors (Lipinski definition) is 1. The van der Waals surface area contributed by atoms with Crippen molar-refractivity contribution in [3.8, 4) is 17.6 Å². The van der Waals surface area contributed by atoms with Gasteiger partial charge in [-0.25, -0.2) is 0 Å². The van der Waals surface area contributed by atoms with Crippen molar-refractivity contribution in [2.45, 2.75) is 13.5 Å². The number of nitro benzene ring substituents is 1. The summed E-state index contributed by atoms with van der Waals surface area (Å²) in [5.41, 5.74) is 1.63. The minimum Gasteiger partial charge on any atom is -0.493 e. The van der Waals surface area contributed by atoms with E-state index < -0.39 is 10.8 Å². The number of carbonyl (C=O) groups is 1. The molecule has 8 nitrogen and oxygen atoms in total. The number of aryl methyl sites for hydroxylation is 1. The van der Waals surface area contributed by atoms with Gasteiger partial charge in [0.15, 0.2) is 11.5 Å². The number of nitrogens with one attached hydrogen (secondary N) is 1. The van der Waals surface area contributed by atoms with E-state index in [2.05, 4.69) is 5.32 Å². The SMILES string of the molecule is COc1cc(/C=C(\C#N)C(=O)Nc2ccc(C)cc2[N+](=O)[O-])ccc1OCc1ccc(Cl)cc1. The van der Waals surface area contributed by atoms with E-state index >= 15 is 0 Å². The summed E-state index contributed by atoms with van der Waals surface area (Å²) in [6, 6.07) is 18.4. The molecular formula is C25H20ClN3O5. The van der Waals surface area contributed by atoms with Crippen LogP contribution in [0.5, 0.6) is 11.5 Å². The fraction of sp³-hybridized carbons (Fsp3) is 0.120. The number of hydrogen-bond acceptors (Lipinski definition) is 6. The average molecular weight is 478 g/mol. The topological polar surface area (TPSA) is 114 Å². The van der Waals surface area contributed by atoms with Crippen molar-refractivity contribution in [1.82, 2.24) is 0 Å². The number of benzene rings is 3. The summed E-state index contributed by atoms with van der Waals surface area (Å²) < 4.78 is 11.2. The maximum absolute atomic E-state index is 12.6. The Bertz CT molecular complexity index is 1300. The molecular weight excluding hydrogens is 458 g/mol. The van der Waals surface area contributed by atoms with Crippen molar-refractivity contribution < 1.29 is 19.2 Å². The molecule has 0 aliphatic heterocycles. The Hall–Kier alpha value is -4.35. The van der Waals surface area contributed by atoms with Crippen LogP contribution in [-0.4, -0.2) is 17.9 Å². The van der Waals surface area contributed by atoms with E-state index in [9.17, 15) is 20.2 Å². The minimum atomic E-state index is -0.767. The molecule has 0 aliphatic rings. The summed E-state index contributed by atoms with van der Waals surface area (Å²) in [6.07, 6.45) is 1.36. The lowest BCUT2D eigenvalue weighted by Crippen LogP contribution is -2.14. The predicted octanol–water partition coefficient (Wildman–Crippen LogP) is 5.69. The van der Waals surface area contributed by atoms with Gasteiger partial charge in [-0.1, -0.05) is 35.9 Å². The molecule has 0 saturated heterocycles. The molecule has 34 heavy (non-hydrogen) atoms. The molecule has 1 N–H and O–H groups in total. The van der Waals surface area contributed by atoms with Crippen LogP contribution in [0.3, 0.4) is 0 Å². The average Bonchev–Trinajstić information content (AvgIpc) is 2.83. The van der Waals surface area contributed by atoms with Gasteiger partial charge in [0.1, 0.15) is 23.9 Å². The van der Waals surface area contributed by atoms with Crippen LogP contribution in [0, 0.1) is 28.4 Å². The molecule has 0 fully saturated rings. The zero-order chi connectivity index (χ0) is 24.7. The predicted molar refractivity (Wildman–Crippen MR) is 129 cm³/mol. The first-order chi connectivity index (χ1) is 16.3. The third-order valence-corrected chi connectivity index (χ3v) is 5.02. The van der Waals surface area contributed by atoms with Crippen molar-refractivity contribution in [3.63, 3.8) is 0 Å². The molecule has 172 valence electrons. The number of halogens is 1. The van der Waals surface area contributed by atoms with E-state index in [1.54, 1.807) is 43.3 Å². The molecule has 0 aliphatic carbocycles. The summed E-state index contributed by atoms with van der Waals surface area (Å²) >= 11 is 5.90. The Morgan fingerprint density at radius 1 is 1.15 bits per heavy atom. The van der Waals surface area contributed by atoms with Gasteiger partial charge in [-0.2, -0.15) is 5.26 Å². The monoisotopic (exact) mass is 477 g/mol. The molecule has 3 rings (SSSR count). The van der Waals surface area contributed by atoms with E-state index in [1.165, 1.54) is 25.3 Å². The van der Waals surface area contributed by atoms with E-state index in [-0.39, 0.29) is 16.9 Å². The fourth-order valence-corrected chi connectivity index (χ4v) is 3.16. The highest BCUT2D eigenvalue weighted by molar-refractivity contribution is 6.30. The molecule has 0 aromatic heterocycles. The van der Waals surface area contributed by atoms with Gasteiger partial charge in [-0.15, -0.1) is 0 Å². The molecule has 9 heteroatoms.